The number of nitrogens with zero attached hydrogens (tertiary/aromatic N) is 4. The largest absolute Gasteiger partial charge is 0.340 e. The number of H-pyrrole nitrogens is 1. The fourth-order valence-corrected chi connectivity index (χ4v) is 3.73. The molecule has 0 saturated carbocycles. The molecule has 0 aromatic carbocycles. The Balaban J connectivity index is 1.68. The number of aryl methyl sites for hydroxylation is 1. The van der Waals surface area contributed by atoms with E-state index in [2.05, 4.69) is 38.8 Å². The van der Waals surface area contributed by atoms with Crippen molar-refractivity contribution in [2.24, 2.45) is 5.41 Å². The average molecular weight is 291 g/mol. The molecule has 0 bridgehead atoms. The number of nitrogens with one attached hydrogen (secondary N) is 1. The van der Waals surface area contributed by atoms with Crippen molar-refractivity contribution in [3.63, 3.8) is 0 Å². The van der Waals surface area contributed by atoms with Crippen molar-refractivity contribution in [3.8, 4) is 0 Å². The van der Waals surface area contributed by atoms with E-state index in [0.717, 1.165) is 57.1 Å². The molecule has 3 heterocycles. The molecular weight excluding hydrogens is 266 g/mol. The quantitative estimate of drug-likeness (QED) is 0.912. The minimum atomic E-state index is -0.159. The molecule has 1 unspecified atom stereocenters. The SMILES string of the molecule is Cc1nc(CN2CCC3(CCCN(C(C)C)C3=O)C2)n[nH]1. The molecule has 1 aromatic heterocycles. The third kappa shape index (κ3) is 2.69. The van der Waals surface area contributed by atoms with Gasteiger partial charge >= 0.3 is 0 Å². The van der Waals surface area contributed by atoms with Crippen LogP contribution in [0.2, 0.25) is 0 Å². The normalized spacial score (nSPS) is 27.2. The Kier molecular flexibility index (Phi) is 3.73. The Morgan fingerprint density at radius 3 is 2.81 bits per heavy atom. The monoisotopic (exact) mass is 291 g/mol. The molecule has 1 amide bonds. The molecule has 3 rings (SSSR count). The number of aromatic amines is 1. The maximum absolute atomic E-state index is 12.9. The Bertz CT molecular complexity index is 526. The first-order valence-electron chi connectivity index (χ1n) is 7.91. The summed E-state index contributed by atoms with van der Waals surface area (Å²) in [7, 11) is 0. The van der Waals surface area contributed by atoms with Crippen LogP contribution in [0.25, 0.3) is 0 Å². The maximum atomic E-state index is 12.9. The van der Waals surface area contributed by atoms with Crippen LogP contribution in [0.5, 0.6) is 0 Å². The Labute approximate surface area is 125 Å². The van der Waals surface area contributed by atoms with Crippen molar-refractivity contribution in [1.29, 1.82) is 0 Å². The van der Waals surface area contributed by atoms with E-state index in [1.54, 1.807) is 0 Å². The zero-order valence-electron chi connectivity index (χ0n) is 13.2. The van der Waals surface area contributed by atoms with Crippen LogP contribution in [-0.2, 0) is 11.3 Å². The van der Waals surface area contributed by atoms with Crippen LogP contribution < -0.4 is 0 Å². The summed E-state index contributed by atoms with van der Waals surface area (Å²) >= 11 is 0. The highest BCUT2D eigenvalue weighted by molar-refractivity contribution is 5.84. The summed E-state index contributed by atoms with van der Waals surface area (Å²) in [4.78, 5) is 21.6. The number of hydrogen-bond donors (Lipinski definition) is 1. The number of carbonyl (C=O) groups excluding carboxylic acids is 1. The van der Waals surface area contributed by atoms with Gasteiger partial charge in [0, 0.05) is 19.1 Å². The molecule has 1 spiro atoms. The lowest BCUT2D eigenvalue weighted by Gasteiger charge is -2.41. The minimum Gasteiger partial charge on any atom is -0.340 e. The van der Waals surface area contributed by atoms with Crippen molar-refractivity contribution < 1.29 is 4.79 Å². The van der Waals surface area contributed by atoms with Crippen LogP contribution in [0.15, 0.2) is 0 Å². The molecule has 1 aromatic rings. The molecule has 2 aliphatic rings. The van der Waals surface area contributed by atoms with E-state index in [1.807, 2.05) is 6.92 Å². The first kappa shape index (κ1) is 14.5. The van der Waals surface area contributed by atoms with Gasteiger partial charge in [0.2, 0.25) is 5.91 Å². The van der Waals surface area contributed by atoms with Crippen molar-refractivity contribution in [2.45, 2.75) is 52.6 Å². The fourth-order valence-electron chi connectivity index (χ4n) is 3.73. The number of carbonyl (C=O) groups is 1. The Morgan fingerprint density at radius 1 is 1.33 bits per heavy atom. The predicted octanol–water partition coefficient (Wildman–Crippen LogP) is 1.34. The minimum absolute atomic E-state index is 0.159. The maximum Gasteiger partial charge on any atom is 0.230 e. The Morgan fingerprint density at radius 2 is 2.14 bits per heavy atom. The highest BCUT2D eigenvalue weighted by Gasteiger charge is 2.48. The van der Waals surface area contributed by atoms with Crippen LogP contribution in [0.1, 0.15) is 44.8 Å². The molecule has 2 fully saturated rings. The van der Waals surface area contributed by atoms with E-state index in [4.69, 9.17) is 0 Å². The number of amides is 1. The van der Waals surface area contributed by atoms with Crippen LogP contribution in [0.4, 0.5) is 0 Å². The second kappa shape index (κ2) is 5.40. The molecule has 2 saturated heterocycles. The number of aromatic nitrogens is 3. The molecule has 116 valence electrons. The summed E-state index contributed by atoms with van der Waals surface area (Å²) < 4.78 is 0. The molecule has 1 atom stereocenters. The van der Waals surface area contributed by atoms with Gasteiger partial charge in [0.15, 0.2) is 5.82 Å². The first-order valence-corrected chi connectivity index (χ1v) is 7.91. The zero-order valence-corrected chi connectivity index (χ0v) is 13.2. The second-order valence-corrected chi connectivity index (χ2v) is 6.77. The number of piperidine rings is 1. The Hall–Kier alpha value is -1.43. The first-order chi connectivity index (χ1) is 10.00. The fraction of sp³-hybridized carbons (Fsp3) is 0.800. The van der Waals surface area contributed by atoms with Crippen molar-refractivity contribution >= 4 is 5.91 Å². The molecule has 2 aliphatic heterocycles. The van der Waals surface area contributed by atoms with Gasteiger partial charge in [-0.1, -0.05) is 0 Å². The van der Waals surface area contributed by atoms with Gasteiger partial charge < -0.3 is 4.90 Å². The van der Waals surface area contributed by atoms with E-state index in [0.29, 0.717) is 11.9 Å². The van der Waals surface area contributed by atoms with Crippen LogP contribution in [-0.4, -0.2) is 56.6 Å². The van der Waals surface area contributed by atoms with E-state index in [1.165, 1.54) is 0 Å². The summed E-state index contributed by atoms with van der Waals surface area (Å²) in [5, 5.41) is 7.08. The van der Waals surface area contributed by atoms with Gasteiger partial charge in [-0.05, 0) is 46.6 Å². The van der Waals surface area contributed by atoms with Gasteiger partial charge in [-0.3, -0.25) is 14.8 Å². The summed E-state index contributed by atoms with van der Waals surface area (Å²) in [6.45, 7) is 9.60. The summed E-state index contributed by atoms with van der Waals surface area (Å²) in [6.07, 6.45) is 3.12. The molecule has 0 radical (unpaired) electrons. The van der Waals surface area contributed by atoms with E-state index < -0.39 is 0 Å². The number of likely N-dealkylation sites (tertiary alicyclic amines) is 2. The molecule has 21 heavy (non-hydrogen) atoms. The summed E-state index contributed by atoms with van der Waals surface area (Å²) in [6, 6.07) is 0.305. The van der Waals surface area contributed by atoms with E-state index in [9.17, 15) is 4.79 Å². The lowest BCUT2D eigenvalue weighted by Crippen LogP contribution is -2.52. The molecule has 6 nitrogen and oxygen atoms in total. The molecule has 6 heteroatoms. The summed E-state index contributed by atoms with van der Waals surface area (Å²) in [5.41, 5.74) is -0.159. The smallest absolute Gasteiger partial charge is 0.230 e. The zero-order chi connectivity index (χ0) is 15.0. The third-order valence-electron chi connectivity index (χ3n) is 4.83. The van der Waals surface area contributed by atoms with E-state index in [-0.39, 0.29) is 5.41 Å². The average Bonchev–Trinajstić information content (AvgIpc) is 3.01. The van der Waals surface area contributed by atoms with Gasteiger partial charge in [0.1, 0.15) is 5.82 Å². The van der Waals surface area contributed by atoms with Gasteiger partial charge in [-0.15, -0.1) is 0 Å². The van der Waals surface area contributed by atoms with Gasteiger partial charge in [-0.2, -0.15) is 5.10 Å². The lowest BCUT2D eigenvalue weighted by molar-refractivity contribution is -0.147. The van der Waals surface area contributed by atoms with Crippen molar-refractivity contribution in [3.05, 3.63) is 11.6 Å². The van der Waals surface area contributed by atoms with Gasteiger partial charge in [0.05, 0.1) is 12.0 Å². The molecule has 1 N–H and O–H groups in total. The predicted molar refractivity (Wildman–Crippen MR) is 79.5 cm³/mol. The topological polar surface area (TPSA) is 65.1 Å². The number of rotatable bonds is 3. The van der Waals surface area contributed by atoms with Crippen LogP contribution in [0, 0.1) is 12.3 Å². The third-order valence-corrected chi connectivity index (χ3v) is 4.83. The van der Waals surface area contributed by atoms with Crippen LogP contribution in [0.3, 0.4) is 0 Å². The van der Waals surface area contributed by atoms with Crippen molar-refractivity contribution in [2.75, 3.05) is 19.6 Å². The number of hydrogen-bond acceptors (Lipinski definition) is 4. The van der Waals surface area contributed by atoms with Crippen molar-refractivity contribution in [1.82, 2.24) is 25.0 Å². The van der Waals surface area contributed by atoms with E-state index >= 15 is 0 Å². The molecule has 0 aliphatic carbocycles. The van der Waals surface area contributed by atoms with Gasteiger partial charge in [0.25, 0.3) is 0 Å². The molecular formula is C15H25N5O. The van der Waals surface area contributed by atoms with Crippen LogP contribution >= 0.6 is 0 Å². The standard InChI is InChI=1S/C15H25N5O/c1-11(2)20-7-4-5-15(14(20)21)6-8-19(10-15)9-13-16-12(3)17-18-13/h11H,4-10H2,1-3H3,(H,16,17,18). The summed E-state index contributed by atoms with van der Waals surface area (Å²) in [5.74, 6) is 2.03. The highest BCUT2D eigenvalue weighted by atomic mass is 16.2. The lowest BCUT2D eigenvalue weighted by atomic mass is 9.78. The van der Waals surface area contributed by atoms with Gasteiger partial charge in [-0.25, -0.2) is 4.98 Å². The highest BCUT2D eigenvalue weighted by Crippen LogP contribution is 2.40. The second-order valence-electron chi connectivity index (χ2n) is 6.77.